The summed E-state index contributed by atoms with van der Waals surface area (Å²) in [7, 11) is -3.87. The van der Waals surface area contributed by atoms with E-state index in [4.69, 9.17) is 5.73 Å². The van der Waals surface area contributed by atoms with Crippen molar-refractivity contribution in [2.45, 2.75) is 57.1 Å². The van der Waals surface area contributed by atoms with E-state index in [2.05, 4.69) is 10.3 Å². The molecule has 1 amide bonds. The number of aromatic nitrogens is 1. The molecule has 0 aromatic carbocycles. The van der Waals surface area contributed by atoms with Crippen molar-refractivity contribution in [1.82, 2.24) is 14.6 Å². The molecule has 8 nitrogen and oxygen atoms in total. The van der Waals surface area contributed by atoms with Crippen LogP contribution in [0.5, 0.6) is 0 Å². The molecule has 1 unspecified atom stereocenters. The molecule has 2 rings (SSSR count). The second-order valence-corrected chi connectivity index (χ2v) is 9.22. The van der Waals surface area contributed by atoms with Crippen molar-refractivity contribution in [3.8, 4) is 0 Å². The first-order chi connectivity index (χ1) is 12.6. The Hall–Kier alpha value is -1.84. The lowest BCUT2D eigenvalue weighted by molar-refractivity contribution is -0.128. The van der Waals surface area contributed by atoms with Gasteiger partial charge in [0.2, 0.25) is 5.91 Å². The topological polar surface area (TPSA) is 122 Å². The van der Waals surface area contributed by atoms with Crippen LogP contribution in [0.15, 0.2) is 23.4 Å². The number of nitrogens with zero attached hydrogens (tertiary/aromatic N) is 2. The molecule has 0 aliphatic carbocycles. The van der Waals surface area contributed by atoms with Gasteiger partial charge in [-0.15, -0.1) is 0 Å². The molecule has 0 radical (unpaired) electrons. The van der Waals surface area contributed by atoms with Gasteiger partial charge in [0, 0.05) is 12.7 Å². The lowest BCUT2D eigenvalue weighted by Crippen LogP contribution is -2.50. The van der Waals surface area contributed by atoms with Gasteiger partial charge < -0.3 is 11.1 Å². The number of rotatable bonds is 6. The van der Waals surface area contributed by atoms with Gasteiger partial charge in [-0.3, -0.25) is 9.59 Å². The van der Waals surface area contributed by atoms with Crippen molar-refractivity contribution in [3.05, 3.63) is 23.9 Å². The summed E-state index contributed by atoms with van der Waals surface area (Å²) in [4.78, 5) is 28.8. The summed E-state index contributed by atoms with van der Waals surface area (Å²) < 4.78 is 26.9. The Morgan fingerprint density at radius 3 is 2.78 bits per heavy atom. The molecule has 1 aliphatic heterocycles. The number of Topliss-reactive ketones (excluding diaryl/α,β-unsaturated/α-hetero) is 1. The van der Waals surface area contributed by atoms with Crippen LogP contribution in [0.3, 0.4) is 0 Å². The highest BCUT2D eigenvalue weighted by Gasteiger charge is 2.34. The van der Waals surface area contributed by atoms with E-state index >= 15 is 0 Å². The predicted molar refractivity (Wildman–Crippen MR) is 101 cm³/mol. The minimum Gasteiger partial charge on any atom is -0.345 e. The Labute approximate surface area is 160 Å². The number of nitrogens with two attached hydrogens (primary N) is 1. The summed E-state index contributed by atoms with van der Waals surface area (Å²) in [5.74, 6) is -0.452. The largest absolute Gasteiger partial charge is 0.345 e. The molecule has 9 heteroatoms. The zero-order valence-corrected chi connectivity index (χ0v) is 16.8. The molecule has 1 fully saturated rings. The number of ketones is 1. The molecule has 0 spiro atoms. The third-order valence-corrected chi connectivity index (χ3v) is 6.45. The number of nitrogens with one attached hydrogen (secondary N) is 1. The number of hydrogen-bond acceptors (Lipinski definition) is 6. The SMILES string of the molecule is Cc1cccnc1S(=O)(=O)N1CCCC(NC(=O)[C@@H](N)CC(C)C)C(=O)C1. The molecular weight excluding hydrogens is 368 g/mol. The van der Waals surface area contributed by atoms with Gasteiger partial charge in [0.25, 0.3) is 10.0 Å². The fraction of sp³-hybridized carbons (Fsp3) is 0.611. The van der Waals surface area contributed by atoms with Crippen LogP contribution in [0.2, 0.25) is 0 Å². The van der Waals surface area contributed by atoms with Gasteiger partial charge in [-0.1, -0.05) is 19.9 Å². The standard InChI is InChI=1S/C18H28N4O4S/c1-12(2)10-14(19)17(24)21-15-7-5-9-22(11-16(15)23)27(25,26)18-13(3)6-4-8-20-18/h4,6,8,12,14-15H,5,7,9-11,19H2,1-3H3,(H,21,24)/t14-,15?/m0/s1. The van der Waals surface area contributed by atoms with Crippen LogP contribution in [0.25, 0.3) is 0 Å². The highest BCUT2D eigenvalue weighted by Crippen LogP contribution is 2.20. The monoisotopic (exact) mass is 396 g/mol. The first kappa shape index (κ1) is 21.5. The fourth-order valence-electron chi connectivity index (χ4n) is 3.11. The minimum absolute atomic E-state index is 0.0424. The third-order valence-electron chi connectivity index (χ3n) is 4.55. The van der Waals surface area contributed by atoms with Crippen molar-refractivity contribution >= 4 is 21.7 Å². The van der Waals surface area contributed by atoms with Crippen molar-refractivity contribution in [2.75, 3.05) is 13.1 Å². The van der Waals surface area contributed by atoms with Gasteiger partial charge in [0.1, 0.15) is 0 Å². The van der Waals surface area contributed by atoms with E-state index < -0.39 is 22.1 Å². The maximum Gasteiger partial charge on any atom is 0.261 e. The molecule has 2 heterocycles. The highest BCUT2D eigenvalue weighted by molar-refractivity contribution is 7.89. The zero-order chi connectivity index (χ0) is 20.2. The van der Waals surface area contributed by atoms with Gasteiger partial charge >= 0.3 is 0 Å². The fourth-order valence-corrected chi connectivity index (χ4v) is 4.69. The van der Waals surface area contributed by atoms with Crippen molar-refractivity contribution < 1.29 is 18.0 Å². The molecule has 1 aliphatic rings. The second kappa shape index (κ2) is 8.90. The quantitative estimate of drug-likeness (QED) is 0.726. The summed E-state index contributed by atoms with van der Waals surface area (Å²) >= 11 is 0. The number of carbonyl (C=O) groups excluding carboxylic acids is 2. The van der Waals surface area contributed by atoms with E-state index in [9.17, 15) is 18.0 Å². The van der Waals surface area contributed by atoms with E-state index in [0.717, 1.165) is 4.31 Å². The number of aryl methyl sites for hydroxylation is 1. The van der Waals surface area contributed by atoms with Gasteiger partial charge in [0.05, 0.1) is 18.6 Å². The Morgan fingerprint density at radius 1 is 1.44 bits per heavy atom. The maximum absolute atomic E-state index is 12.9. The third kappa shape index (κ3) is 5.33. The zero-order valence-electron chi connectivity index (χ0n) is 16.0. The first-order valence-corrected chi connectivity index (χ1v) is 10.6. The van der Waals surface area contributed by atoms with Crippen LogP contribution in [-0.4, -0.2) is 54.6 Å². The second-order valence-electron chi connectivity index (χ2n) is 7.37. The van der Waals surface area contributed by atoms with Gasteiger partial charge in [-0.2, -0.15) is 4.31 Å². The summed E-state index contributed by atoms with van der Waals surface area (Å²) in [6.45, 7) is 5.51. The average Bonchev–Trinajstić information content (AvgIpc) is 2.77. The van der Waals surface area contributed by atoms with Gasteiger partial charge in [-0.05, 0) is 43.7 Å². The normalized spacial score (nSPS) is 20.3. The van der Waals surface area contributed by atoms with Crippen LogP contribution < -0.4 is 11.1 Å². The van der Waals surface area contributed by atoms with Crippen LogP contribution in [0.1, 0.15) is 38.7 Å². The molecular formula is C18H28N4O4S. The maximum atomic E-state index is 12.9. The molecule has 0 saturated carbocycles. The Morgan fingerprint density at radius 2 is 2.15 bits per heavy atom. The highest BCUT2D eigenvalue weighted by atomic mass is 32.2. The van der Waals surface area contributed by atoms with Crippen molar-refractivity contribution in [2.24, 2.45) is 11.7 Å². The molecule has 27 heavy (non-hydrogen) atoms. The lowest BCUT2D eigenvalue weighted by Gasteiger charge is -2.21. The summed E-state index contributed by atoms with van der Waals surface area (Å²) in [5, 5.41) is 2.64. The Kier molecular flexibility index (Phi) is 7.07. The summed E-state index contributed by atoms with van der Waals surface area (Å²) in [6, 6.07) is 1.92. The lowest BCUT2D eigenvalue weighted by atomic mass is 10.0. The predicted octanol–water partition coefficient (Wildman–Crippen LogP) is 0.602. The Bertz CT molecular complexity index is 794. The van der Waals surface area contributed by atoms with Crippen LogP contribution in [-0.2, 0) is 19.6 Å². The van der Waals surface area contributed by atoms with Gasteiger partial charge in [0.15, 0.2) is 10.8 Å². The van der Waals surface area contributed by atoms with E-state index in [1.165, 1.54) is 6.20 Å². The summed E-state index contributed by atoms with van der Waals surface area (Å²) in [6.07, 6.45) is 2.78. The Balaban J connectivity index is 2.10. The smallest absolute Gasteiger partial charge is 0.261 e. The number of carbonyl (C=O) groups is 2. The van der Waals surface area contributed by atoms with Gasteiger partial charge in [-0.25, -0.2) is 13.4 Å². The number of amides is 1. The van der Waals surface area contributed by atoms with Crippen LogP contribution >= 0.6 is 0 Å². The van der Waals surface area contributed by atoms with Crippen molar-refractivity contribution in [1.29, 1.82) is 0 Å². The molecule has 1 aromatic heterocycles. The number of pyridine rings is 1. The van der Waals surface area contributed by atoms with E-state index in [1.54, 1.807) is 19.1 Å². The van der Waals surface area contributed by atoms with E-state index in [-0.39, 0.29) is 35.7 Å². The number of hydrogen-bond donors (Lipinski definition) is 2. The van der Waals surface area contributed by atoms with Crippen LogP contribution in [0, 0.1) is 12.8 Å². The van der Waals surface area contributed by atoms with Crippen molar-refractivity contribution in [3.63, 3.8) is 0 Å². The molecule has 2 atom stereocenters. The number of sulfonamides is 1. The van der Waals surface area contributed by atoms with E-state index in [0.29, 0.717) is 24.8 Å². The molecule has 0 bridgehead atoms. The molecule has 3 N–H and O–H groups in total. The first-order valence-electron chi connectivity index (χ1n) is 9.13. The molecule has 1 saturated heterocycles. The minimum atomic E-state index is -3.87. The van der Waals surface area contributed by atoms with E-state index in [1.807, 2.05) is 13.8 Å². The van der Waals surface area contributed by atoms with Crippen LogP contribution in [0.4, 0.5) is 0 Å². The molecule has 1 aromatic rings. The average molecular weight is 397 g/mol. The summed E-state index contributed by atoms with van der Waals surface area (Å²) in [5.41, 5.74) is 6.40. The molecule has 150 valence electrons.